The van der Waals surface area contributed by atoms with Gasteiger partial charge >= 0.3 is 0 Å². The van der Waals surface area contributed by atoms with Crippen molar-refractivity contribution < 1.29 is 4.42 Å². The van der Waals surface area contributed by atoms with Gasteiger partial charge in [0.1, 0.15) is 5.76 Å². The highest BCUT2D eigenvalue weighted by molar-refractivity contribution is 5.66. The Bertz CT molecular complexity index is 547. The van der Waals surface area contributed by atoms with Crippen molar-refractivity contribution in [2.24, 2.45) is 5.92 Å². The Kier molecular flexibility index (Phi) is 3.14. The number of hydrogen-bond donors (Lipinski definition) is 0. The lowest BCUT2D eigenvalue weighted by Gasteiger charge is -2.20. The first-order valence-electron chi connectivity index (χ1n) is 6.38. The van der Waals surface area contributed by atoms with E-state index in [0.29, 0.717) is 5.92 Å². The van der Waals surface area contributed by atoms with E-state index in [0.717, 1.165) is 18.6 Å². The van der Waals surface area contributed by atoms with Gasteiger partial charge in [0.05, 0.1) is 6.26 Å². The van der Waals surface area contributed by atoms with E-state index < -0.39 is 0 Å². The second kappa shape index (κ2) is 5.09. The van der Waals surface area contributed by atoms with Crippen molar-refractivity contribution in [2.75, 3.05) is 0 Å². The van der Waals surface area contributed by atoms with Crippen molar-refractivity contribution >= 4 is 5.57 Å². The number of hydrogen-bond acceptors (Lipinski definition) is 1. The van der Waals surface area contributed by atoms with Gasteiger partial charge in [-0.2, -0.15) is 0 Å². The molecular formula is C17H16O. The van der Waals surface area contributed by atoms with Crippen molar-refractivity contribution in [1.82, 2.24) is 0 Å². The molecule has 1 aliphatic rings. The zero-order chi connectivity index (χ0) is 12.2. The van der Waals surface area contributed by atoms with Gasteiger partial charge in [0, 0.05) is 0 Å². The molecule has 1 atom stereocenters. The molecule has 0 N–H and O–H groups in total. The predicted molar refractivity (Wildman–Crippen MR) is 74.1 cm³/mol. The molecule has 0 aliphatic heterocycles. The fourth-order valence-electron chi connectivity index (χ4n) is 2.50. The van der Waals surface area contributed by atoms with Crippen LogP contribution in [0, 0.1) is 5.92 Å². The molecule has 0 fully saturated rings. The molecule has 0 saturated heterocycles. The van der Waals surface area contributed by atoms with Crippen LogP contribution in [0.5, 0.6) is 0 Å². The fourth-order valence-corrected chi connectivity index (χ4v) is 2.50. The summed E-state index contributed by atoms with van der Waals surface area (Å²) in [6.45, 7) is 0. The molecule has 1 aliphatic carbocycles. The number of allylic oxidation sites excluding steroid dienone is 4. The van der Waals surface area contributed by atoms with Crippen molar-refractivity contribution in [3.63, 3.8) is 0 Å². The van der Waals surface area contributed by atoms with Gasteiger partial charge in [-0.15, -0.1) is 0 Å². The van der Waals surface area contributed by atoms with Gasteiger partial charge in [-0.3, -0.25) is 0 Å². The van der Waals surface area contributed by atoms with Gasteiger partial charge in [0.15, 0.2) is 0 Å². The molecule has 0 radical (unpaired) electrons. The van der Waals surface area contributed by atoms with Crippen LogP contribution < -0.4 is 0 Å². The Morgan fingerprint density at radius 3 is 2.72 bits per heavy atom. The van der Waals surface area contributed by atoms with E-state index in [1.807, 2.05) is 12.1 Å². The normalized spacial score (nSPS) is 18.7. The molecule has 3 rings (SSSR count). The van der Waals surface area contributed by atoms with E-state index in [1.54, 1.807) is 6.26 Å². The summed E-state index contributed by atoms with van der Waals surface area (Å²) in [4.78, 5) is 0. The lowest BCUT2D eigenvalue weighted by molar-refractivity contribution is 0.535. The molecule has 1 heteroatoms. The van der Waals surface area contributed by atoms with Gasteiger partial charge in [0.2, 0.25) is 0 Å². The van der Waals surface area contributed by atoms with Gasteiger partial charge in [-0.1, -0.05) is 48.6 Å². The molecule has 1 unspecified atom stereocenters. The summed E-state index contributed by atoms with van der Waals surface area (Å²) in [6, 6.07) is 14.6. The maximum absolute atomic E-state index is 5.54. The molecule has 2 aromatic rings. The van der Waals surface area contributed by atoms with Crippen LogP contribution in [0.25, 0.3) is 5.57 Å². The Morgan fingerprint density at radius 1 is 1.06 bits per heavy atom. The van der Waals surface area contributed by atoms with Crippen LogP contribution in [-0.2, 0) is 6.42 Å². The summed E-state index contributed by atoms with van der Waals surface area (Å²) in [5.41, 5.74) is 2.70. The summed E-state index contributed by atoms with van der Waals surface area (Å²) < 4.78 is 5.54. The highest BCUT2D eigenvalue weighted by Gasteiger charge is 2.19. The quantitative estimate of drug-likeness (QED) is 0.765. The SMILES string of the molecule is C1=CCC(Cc2ccccc2)C(c2ccco2)=C1. The van der Waals surface area contributed by atoms with E-state index in [-0.39, 0.29) is 0 Å². The van der Waals surface area contributed by atoms with Gasteiger partial charge in [-0.05, 0) is 42.0 Å². The first-order valence-corrected chi connectivity index (χ1v) is 6.38. The molecule has 1 nitrogen and oxygen atoms in total. The van der Waals surface area contributed by atoms with Crippen molar-refractivity contribution in [2.45, 2.75) is 12.8 Å². The molecule has 0 bridgehead atoms. The number of furan rings is 1. The highest BCUT2D eigenvalue weighted by atomic mass is 16.3. The predicted octanol–water partition coefficient (Wildman–Crippen LogP) is 4.48. The highest BCUT2D eigenvalue weighted by Crippen LogP contribution is 2.32. The molecule has 0 spiro atoms. The van der Waals surface area contributed by atoms with E-state index in [2.05, 4.69) is 48.6 Å². The minimum Gasteiger partial charge on any atom is -0.465 e. The second-order valence-corrected chi connectivity index (χ2v) is 4.65. The van der Waals surface area contributed by atoms with E-state index in [9.17, 15) is 0 Å². The third-order valence-corrected chi connectivity index (χ3v) is 3.40. The maximum atomic E-state index is 5.54. The lowest BCUT2D eigenvalue weighted by atomic mass is 9.85. The monoisotopic (exact) mass is 236 g/mol. The topological polar surface area (TPSA) is 13.1 Å². The van der Waals surface area contributed by atoms with Gasteiger partial charge in [0.25, 0.3) is 0 Å². The first kappa shape index (κ1) is 11.1. The average molecular weight is 236 g/mol. The van der Waals surface area contributed by atoms with Crippen LogP contribution in [0.15, 0.2) is 71.4 Å². The van der Waals surface area contributed by atoms with Crippen LogP contribution >= 0.6 is 0 Å². The van der Waals surface area contributed by atoms with Crippen molar-refractivity contribution in [3.8, 4) is 0 Å². The van der Waals surface area contributed by atoms with Crippen LogP contribution in [0.3, 0.4) is 0 Å². The minimum absolute atomic E-state index is 0.517. The molecule has 1 aromatic heterocycles. The number of rotatable bonds is 3. The van der Waals surface area contributed by atoms with Gasteiger partial charge in [-0.25, -0.2) is 0 Å². The summed E-state index contributed by atoms with van der Waals surface area (Å²) >= 11 is 0. The number of benzene rings is 1. The fraction of sp³-hybridized carbons (Fsp3) is 0.176. The molecular weight excluding hydrogens is 220 g/mol. The third kappa shape index (κ3) is 2.30. The van der Waals surface area contributed by atoms with Crippen LogP contribution in [0.4, 0.5) is 0 Å². The minimum atomic E-state index is 0.517. The van der Waals surface area contributed by atoms with E-state index in [1.165, 1.54) is 11.1 Å². The van der Waals surface area contributed by atoms with Crippen LogP contribution in [0.2, 0.25) is 0 Å². The summed E-state index contributed by atoms with van der Waals surface area (Å²) in [5.74, 6) is 1.52. The standard InChI is InChI=1S/C17H16O/c1-2-7-14(8-3-1)13-15-9-4-5-10-16(15)17-11-6-12-18-17/h1-8,10-12,15H,9,13H2. The van der Waals surface area contributed by atoms with Crippen LogP contribution in [0.1, 0.15) is 17.7 Å². The lowest BCUT2D eigenvalue weighted by Crippen LogP contribution is -2.08. The molecule has 18 heavy (non-hydrogen) atoms. The zero-order valence-corrected chi connectivity index (χ0v) is 10.3. The smallest absolute Gasteiger partial charge is 0.130 e. The average Bonchev–Trinajstić information content (AvgIpc) is 2.94. The summed E-state index contributed by atoms with van der Waals surface area (Å²) in [5, 5.41) is 0. The summed E-state index contributed by atoms with van der Waals surface area (Å²) in [7, 11) is 0. The van der Waals surface area contributed by atoms with Gasteiger partial charge < -0.3 is 4.42 Å². The molecule has 1 heterocycles. The summed E-state index contributed by atoms with van der Waals surface area (Å²) in [6.07, 6.45) is 10.4. The van der Waals surface area contributed by atoms with Crippen LogP contribution in [-0.4, -0.2) is 0 Å². The zero-order valence-electron chi connectivity index (χ0n) is 10.3. The van der Waals surface area contributed by atoms with E-state index >= 15 is 0 Å². The second-order valence-electron chi connectivity index (χ2n) is 4.65. The Morgan fingerprint density at radius 2 is 1.94 bits per heavy atom. The molecule has 0 amide bonds. The van der Waals surface area contributed by atoms with E-state index in [4.69, 9.17) is 4.42 Å². The van der Waals surface area contributed by atoms with Crippen molar-refractivity contribution in [1.29, 1.82) is 0 Å². The first-order chi connectivity index (χ1) is 8.93. The molecule has 1 aromatic carbocycles. The largest absolute Gasteiger partial charge is 0.465 e. The maximum Gasteiger partial charge on any atom is 0.130 e. The Hall–Kier alpha value is -2.02. The third-order valence-electron chi connectivity index (χ3n) is 3.40. The van der Waals surface area contributed by atoms with Crippen molar-refractivity contribution in [3.05, 3.63) is 78.3 Å². The molecule has 0 saturated carbocycles. The molecule has 90 valence electrons. The Labute approximate surface area is 107 Å². The Balaban J connectivity index is 1.84.